The fourth-order valence-corrected chi connectivity index (χ4v) is 4.04. The van der Waals surface area contributed by atoms with Gasteiger partial charge in [-0.2, -0.15) is 5.10 Å². The molecule has 8 heteroatoms. The smallest absolute Gasteiger partial charge is 0.225 e. The minimum absolute atomic E-state index is 0. The number of rotatable bonds is 8. The van der Waals surface area contributed by atoms with Gasteiger partial charge in [0.1, 0.15) is 0 Å². The van der Waals surface area contributed by atoms with Crippen molar-refractivity contribution in [3.63, 3.8) is 0 Å². The molecule has 0 bridgehead atoms. The van der Waals surface area contributed by atoms with E-state index in [-0.39, 0.29) is 29.9 Å². The predicted molar refractivity (Wildman–Crippen MR) is 141 cm³/mol. The number of nitrogens with one attached hydrogen (secondary N) is 2. The summed E-state index contributed by atoms with van der Waals surface area (Å²) >= 11 is 0. The Morgan fingerprint density at radius 3 is 2.56 bits per heavy atom. The summed E-state index contributed by atoms with van der Waals surface area (Å²) in [6.45, 7) is 9.32. The largest absolute Gasteiger partial charge is 0.357 e. The van der Waals surface area contributed by atoms with Gasteiger partial charge in [-0.3, -0.25) is 4.79 Å². The summed E-state index contributed by atoms with van der Waals surface area (Å²) in [7, 11) is 0. The maximum absolute atomic E-state index is 12.6. The van der Waals surface area contributed by atoms with Crippen LogP contribution in [0.25, 0.3) is 5.69 Å². The van der Waals surface area contributed by atoms with Crippen LogP contribution in [0.2, 0.25) is 0 Å². The summed E-state index contributed by atoms with van der Waals surface area (Å²) < 4.78 is 1.85. The molecule has 7 nitrogen and oxygen atoms in total. The summed E-state index contributed by atoms with van der Waals surface area (Å²) in [6, 6.07) is 10.5. The van der Waals surface area contributed by atoms with Gasteiger partial charge in [0.05, 0.1) is 12.2 Å². The van der Waals surface area contributed by atoms with E-state index >= 15 is 0 Å². The maximum Gasteiger partial charge on any atom is 0.225 e. The second-order valence-electron chi connectivity index (χ2n) is 8.07. The molecule has 3 rings (SSSR count). The van der Waals surface area contributed by atoms with Crippen molar-refractivity contribution >= 4 is 35.8 Å². The van der Waals surface area contributed by atoms with Gasteiger partial charge < -0.3 is 15.5 Å². The van der Waals surface area contributed by atoms with Crippen LogP contribution in [0.15, 0.2) is 47.7 Å². The van der Waals surface area contributed by atoms with Crippen molar-refractivity contribution in [3.8, 4) is 5.69 Å². The van der Waals surface area contributed by atoms with Crippen LogP contribution in [0.4, 0.5) is 0 Å². The second kappa shape index (κ2) is 13.4. The molecule has 32 heavy (non-hydrogen) atoms. The first-order valence-electron chi connectivity index (χ1n) is 11.6. The molecule has 0 spiro atoms. The topological polar surface area (TPSA) is 74.6 Å². The lowest BCUT2D eigenvalue weighted by Crippen LogP contribution is -2.50. The molecular weight excluding hydrogens is 515 g/mol. The van der Waals surface area contributed by atoms with Gasteiger partial charge in [0, 0.05) is 44.0 Å². The zero-order chi connectivity index (χ0) is 22.1. The number of halogens is 1. The zero-order valence-electron chi connectivity index (χ0n) is 19.5. The van der Waals surface area contributed by atoms with E-state index in [9.17, 15) is 4.79 Å². The van der Waals surface area contributed by atoms with E-state index in [4.69, 9.17) is 4.99 Å². The van der Waals surface area contributed by atoms with Crippen molar-refractivity contribution in [2.45, 2.75) is 59.0 Å². The third-order valence-corrected chi connectivity index (χ3v) is 5.93. The summed E-state index contributed by atoms with van der Waals surface area (Å²) in [5, 5.41) is 11.2. The lowest BCUT2D eigenvalue weighted by atomic mass is 9.98. The molecule has 1 aliphatic heterocycles. The highest BCUT2D eigenvalue weighted by Crippen LogP contribution is 2.17. The van der Waals surface area contributed by atoms with Gasteiger partial charge in [0.25, 0.3) is 0 Å². The monoisotopic (exact) mass is 552 g/mol. The molecule has 0 saturated carbocycles. The highest BCUT2D eigenvalue weighted by molar-refractivity contribution is 14.0. The van der Waals surface area contributed by atoms with Crippen molar-refractivity contribution in [1.82, 2.24) is 25.3 Å². The molecule has 0 aliphatic carbocycles. The third-order valence-electron chi connectivity index (χ3n) is 5.93. The third kappa shape index (κ3) is 7.21. The van der Waals surface area contributed by atoms with Gasteiger partial charge in [-0.1, -0.05) is 26.0 Å². The number of aromatic nitrogens is 2. The number of carbonyl (C=O) groups is 1. The summed E-state index contributed by atoms with van der Waals surface area (Å²) in [5.74, 6) is 1.32. The molecule has 1 amide bonds. The summed E-state index contributed by atoms with van der Waals surface area (Å²) in [5.41, 5.74) is 2.17. The summed E-state index contributed by atoms with van der Waals surface area (Å²) in [6.07, 6.45) is 7.46. The van der Waals surface area contributed by atoms with Gasteiger partial charge >= 0.3 is 0 Å². The highest BCUT2D eigenvalue weighted by Gasteiger charge is 2.26. The maximum atomic E-state index is 12.6. The van der Waals surface area contributed by atoms with E-state index in [0.717, 1.165) is 62.5 Å². The normalized spacial score (nSPS) is 14.9. The first kappa shape index (κ1) is 26.2. The molecule has 0 radical (unpaired) electrons. The predicted octanol–water partition coefficient (Wildman–Crippen LogP) is 3.97. The fraction of sp³-hybridized carbons (Fsp3) is 0.542. The Hall–Kier alpha value is -2.10. The van der Waals surface area contributed by atoms with Gasteiger partial charge in [0.15, 0.2) is 5.96 Å². The Balaban J connectivity index is 0.00000363. The molecular formula is C24H37IN6O. The van der Waals surface area contributed by atoms with Crippen molar-refractivity contribution in [1.29, 1.82) is 0 Å². The number of hydrogen-bond acceptors (Lipinski definition) is 3. The average molecular weight is 553 g/mol. The molecule has 1 aromatic carbocycles. The van der Waals surface area contributed by atoms with Crippen LogP contribution in [0.3, 0.4) is 0 Å². The van der Waals surface area contributed by atoms with Crippen molar-refractivity contribution < 1.29 is 4.79 Å². The molecule has 1 aliphatic rings. The zero-order valence-corrected chi connectivity index (χ0v) is 21.8. The molecule has 1 saturated heterocycles. The van der Waals surface area contributed by atoms with E-state index in [1.54, 1.807) is 6.20 Å². The first-order chi connectivity index (χ1) is 15.1. The van der Waals surface area contributed by atoms with Crippen LogP contribution in [0.5, 0.6) is 0 Å². The Bertz CT molecular complexity index is 842. The first-order valence-corrected chi connectivity index (χ1v) is 11.6. The molecule has 2 aromatic rings. The highest BCUT2D eigenvalue weighted by atomic mass is 127. The Morgan fingerprint density at radius 1 is 1.19 bits per heavy atom. The van der Waals surface area contributed by atoms with E-state index in [1.165, 1.54) is 0 Å². The number of likely N-dealkylation sites (tertiary alicyclic amines) is 1. The van der Waals surface area contributed by atoms with Gasteiger partial charge in [-0.25, -0.2) is 9.67 Å². The molecule has 0 unspecified atom stereocenters. The minimum Gasteiger partial charge on any atom is -0.357 e. The quantitative estimate of drug-likeness (QED) is 0.295. The summed E-state index contributed by atoms with van der Waals surface area (Å²) in [4.78, 5) is 19.5. The van der Waals surface area contributed by atoms with E-state index < -0.39 is 0 Å². The molecule has 2 heterocycles. The lowest BCUT2D eigenvalue weighted by molar-refractivity contribution is -0.136. The van der Waals surface area contributed by atoms with E-state index in [1.807, 2.05) is 34.0 Å². The standard InChI is InChI=1S/C24H36N6O.HI/c1-4-20(5-2)23(31)29-15-11-21(12-16-29)28-24(25-6-3)26-18-19-9-7-10-22(17-19)30-14-8-13-27-30;/h7-10,13-14,17,20-21H,4-6,11-12,15-16,18H2,1-3H3,(H2,25,26,28);1H. The lowest BCUT2D eigenvalue weighted by Gasteiger charge is -2.34. The van der Waals surface area contributed by atoms with Crippen LogP contribution in [0, 0.1) is 5.92 Å². The second-order valence-corrected chi connectivity index (χ2v) is 8.07. The molecule has 1 fully saturated rings. The van der Waals surface area contributed by atoms with Gasteiger partial charge in [0.2, 0.25) is 5.91 Å². The average Bonchev–Trinajstić information content (AvgIpc) is 3.34. The number of carbonyl (C=O) groups excluding carboxylic acids is 1. The molecule has 0 atom stereocenters. The Kier molecular flexibility index (Phi) is 11.0. The molecule has 176 valence electrons. The number of hydrogen-bond donors (Lipinski definition) is 2. The van der Waals surface area contributed by atoms with Crippen molar-refractivity contribution in [2.24, 2.45) is 10.9 Å². The van der Waals surface area contributed by atoms with Crippen LogP contribution in [-0.2, 0) is 11.3 Å². The molecule has 2 N–H and O–H groups in total. The Morgan fingerprint density at radius 2 is 1.94 bits per heavy atom. The number of benzene rings is 1. The fourth-order valence-electron chi connectivity index (χ4n) is 4.04. The van der Waals surface area contributed by atoms with Crippen molar-refractivity contribution in [2.75, 3.05) is 19.6 Å². The molecule has 1 aromatic heterocycles. The number of guanidine groups is 1. The minimum atomic E-state index is 0. The van der Waals surface area contributed by atoms with E-state index in [0.29, 0.717) is 18.5 Å². The van der Waals surface area contributed by atoms with Crippen LogP contribution < -0.4 is 10.6 Å². The SMILES string of the molecule is CCNC(=NCc1cccc(-n2cccn2)c1)NC1CCN(C(=O)C(CC)CC)CC1.I. The van der Waals surface area contributed by atoms with Crippen LogP contribution in [-0.4, -0.2) is 52.2 Å². The number of aliphatic imine (C=N–C) groups is 1. The van der Waals surface area contributed by atoms with Gasteiger partial charge in [-0.05, 0) is 56.4 Å². The Labute approximate surface area is 209 Å². The van der Waals surface area contributed by atoms with Crippen LogP contribution in [0.1, 0.15) is 52.0 Å². The van der Waals surface area contributed by atoms with Gasteiger partial charge in [-0.15, -0.1) is 24.0 Å². The number of piperidine rings is 1. The number of amides is 1. The number of nitrogens with zero attached hydrogens (tertiary/aromatic N) is 4. The van der Waals surface area contributed by atoms with Crippen molar-refractivity contribution in [3.05, 3.63) is 48.3 Å². The van der Waals surface area contributed by atoms with E-state index in [2.05, 4.69) is 48.6 Å². The van der Waals surface area contributed by atoms with Crippen LogP contribution >= 0.6 is 24.0 Å².